The number of primary amides is 1. The lowest BCUT2D eigenvalue weighted by Crippen LogP contribution is -2.57. The number of rotatable bonds is 10. The Morgan fingerprint density at radius 2 is 1.67 bits per heavy atom. The molecular weight excluding hydrogens is 358 g/mol. The van der Waals surface area contributed by atoms with Crippen LogP contribution in [0.3, 0.4) is 0 Å². The molecule has 27 heavy (non-hydrogen) atoms. The van der Waals surface area contributed by atoms with Crippen LogP contribution in [0.15, 0.2) is 0 Å². The Hall–Kier alpha value is -2.40. The molecule has 0 rings (SSSR count). The summed E-state index contributed by atoms with van der Waals surface area (Å²) in [5, 5.41) is 2.38. The van der Waals surface area contributed by atoms with Gasteiger partial charge < -0.3 is 26.3 Å². The number of nitrogens with one attached hydrogen (secondary N) is 3. The highest BCUT2D eigenvalue weighted by Crippen LogP contribution is 2.07. The molecule has 0 saturated carbocycles. The van der Waals surface area contributed by atoms with Gasteiger partial charge in [-0.3, -0.25) is 25.2 Å². The van der Waals surface area contributed by atoms with Crippen LogP contribution in [0.1, 0.15) is 47.0 Å². The molecule has 11 heteroatoms. The van der Waals surface area contributed by atoms with E-state index in [9.17, 15) is 19.2 Å². The van der Waals surface area contributed by atoms with Crippen molar-refractivity contribution in [2.24, 2.45) is 11.5 Å². The van der Waals surface area contributed by atoms with Gasteiger partial charge in [0, 0.05) is 6.61 Å². The lowest BCUT2D eigenvalue weighted by atomic mass is 10.2. The number of hydrazine groups is 1. The lowest BCUT2D eigenvalue weighted by molar-refractivity contribution is -0.132. The summed E-state index contributed by atoms with van der Waals surface area (Å²) in [6.45, 7) is 7.32. The molecule has 11 nitrogen and oxygen atoms in total. The first-order valence-electron chi connectivity index (χ1n) is 8.67. The van der Waals surface area contributed by atoms with E-state index in [-0.39, 0.29) is 13.0 Å². The number of amides is 4. The predicted octanol–water partition coefficient (Wildman–Crippen LogP) is -0.953. The Balaban J connectivity index is 4.72. The first kappa shape index (κ1) is 24.6. The smallest absolute Gasteiger partial charge is 0.408 e. The molecule has 0 spiro atoms. The highest BCUT2D eigenvalue weighted by atomic mass is 16.6. The molecule has 0 aromatic carbocycles. The summed E-state index contributed by atoms with van der Waals surface area (Å²) in [4.78, 5) is 46.6. The minimum Gasteiger partial charge on any atom is -0.444 e. The molecule has 156 valence electrons. The molecule has 0 bridgehead atoms. The summed E-state index contributed by atoms with van der Waals surface area (Å²) in [6, 6.07) is -2.31. The number of carbonyl (C=O) groups excluding carboxylic acids is 4. The zero-order chi connectivity index (χ0) is 21.0. The van der Waals surface area contributed by atoms with E-state index in [1.165, 1.54) is 0 Å². The summed E-state index contributed by atoms with van der Waals surface area (Å²) in [6.07, 6.45) is 0.518. The van der Waals surface area contributed by atoms with E-state index >= 15 is 0 Å². The highest BCUT2D eigenvalue weighted by molar-refractivity contribution is 5.91. The average molecular weight is 389 g/mol. The van der Waals surface area contributed by atoms with Gasteiger partial charge in [-0.2, -0.15) is 0 Å². The van der Waals surface area contributed by atoms with E-state index < -0.39 is 41.5 Å². The van der Waals surface area contributed by atoms with Crippen LogP contribution in [0, 0.1) is 0 Å². The van der Waals surface area contributed by atoms with Crippen LogP contribution in [0.25, 0.3) is 0 Å². The van der Waals surface area contributed by atoms with Gasteiger partial charge in [-0.05, 0) is 27.2 Å². The van der Waals surface area contributed by atoms with Crippen molar-refractivity contribution in [2.45, 2.75) is 64.6 Å². The van der Waals surface area contributed by atoms with Gasteiger partial charge in [0.25, 0.3) is 11.8 Å². The maximum absolute atomic E-state index is 12.2. The average Bonchev–Trinajstić information content (AvgIpc) is 2.52. The van der Waals surface area contributed by atoms with Crippen molar-refractivity contribution in [2.75, 3.05) is 13.2 Å². The lowest BCUT2D eigenvalue weighted by Gasteiger charge is -2.23. The molecule has 2 atom stereocenters. The summed E-state index contributed by atoms with van der Waals surface area (Å²) in [5.41, 5.74) is 13.9. The van der Waals surface area contributed by atoms with Crippen molar-refractivity contribution in [1.82, 2.24) is 16.2 Å². The third-order valence-corrected chi connectivity index (χ3v) is 3.00. The van der Waals surface area contributed by atoms with Gasteiger partial charge in [0.05, 0.1) is 19.1 Å². The van der Waals surface area contributed by atoms with E-state index in [0.717, 1.165) is 12.8 Å². The van der Waals surface area contributed by atoms with Crippen LogP contribution in [0.4, 0.5) is 4.79 Å². The van der Waals surface area contributed by atoms with Gasteiger partial charge in [0.1, 0.15) is 11.6 Å². The molecule has 0 fully saturated rings. The molecular formula is C16H31N5O6. The minimum atomic E-state index is -1.21. The Labute approximate surface area is 158 Å². The van der Waals surface area contributed by atoms with Crippen LogP contribution in [0.2, 0.25) is 0 Å². The van der Waals surface area contributed by atoms with E-state index in [0.29, 0.717) is 6.61 Å². The fourth-order valence-electron chi connectivity index (χ4n) is 1.69. The van der Waals surface area contributed by atoms with Gasteiger partial charge in [0.2, 0.25) is 5.91 Å². The zero-order valence-corrected chi connectivity index (χ0v) is 16.3. The van der Waals surface area contributed by atoms with Crippen molar-refractivity contribution in [1.29, 1.82) is 0 Å². The van der Waals surface area contributed by atoms with Gasteiger partial charge in [-0.15, -0.1) is 0 Å². The number of ether oxygens (including phenoxy) is 2. The number of carbonyl (C=O) groups is 4. The van der Waals surface area contributed by atoms with Crippen molar-refractivity contribution in [3.05, 3.63) is 0 Å². The normalized spacial score (nSPS) is 13.2. The van der Waals surface area contributed by atoms with Crippen LogP contribution < -0.4 is 27.6 Å². The summed E-state index contributed by atoms with van der Waals surface area (Å²) >= 11 is 0. The van der Waals surface area contributed by atoms with Crippen molar-refractivity contribution < 1.29 is 28.7 Å². The second kappa shape index (κ2) is 12.1. The van der Waals surface area contributed by atoms with E-state index in [2.05, 4.69) is 16.2 Å². The Morgan fingerprint density at radius 3 is 2.19 bits per heavy atom. The number of hydrogen-bond donors (Lipinski definition) is 5. The molecule has 0 radical (unpaired) electrons. The van der Waals surface area contributed by atoms with Crippen molar-refractivity contribution in [3.63, 3.8) is 0 Å². The largest absolute Gasteiger partial charge is 0.444 e. The molecule has 0 heterocycles. The van der Waals surface area contributed by atoms with Crippen LogP contribution >= 0.6 is 0 Å². The second-order valence-electron chi connectivity index (χ2n) is 6.88. The van der Waals surface area contributed by atoms with Gasteiger partial charge in [-0.25, -0.2) is 4.79 Å². The Bertz CT molecular complexity index is 520. The quantitative estimate of drug-likeness (QED) is 0.236. The molecule has 0 aliphatic rings. The van der Waals surface area contributed by atoms with Gasteiger partial charge in [0.15, 0.2) is 0 Å². The molecule has 0 saturated heterocycles. The zero-order valence-electron chi connectivity index (χ0n) is 16.3. The summed E-state index contributed by atoms with van der Waals surface area (Å²) in [5.74, 6) is -2.29. The second-order valence-corrected chi connectivity index (χ2v) is 6.88. The van der Waals surface area contributed by atoms with E-state index in [1.807, 2.05) is 6.92 Å². The Morgan fingerprint density at radius 1 is 1.07 bits per heavy atom. The minimum absolute atomic E-state index is 0.117. The van der Waals surface area contributed by atoms with Gasteiger partial charge >= 0.3 is 6.09 Å². The van der Waals surface area contributed by atoms with Crippen molar-refractivity contribution in [3.8, 4) is 0 Å². The standard InChI is InChI=1S/C16H31N5O6/c1-5-6-7-26-9-11(19-15(25)27-16(2,3)4)14(24)21-20-13(23)10(17)8-12(18)22/h10-11H,5-9,17H2,1-4H3,(H2,18,22)(H,19,25)(H,20,23)(H,21,24)/t10-,11-/m0/s1. The SMILES string of the molecule is CCCCOC[C@H](NC(=O)OC(C)(C)C)C(=O)NNC(=O)[C@@H](N)CC(N)=O. The molecule has 0 unspecified atom stereocenters. The fourth-order valence-corrected chi connectivity index (χ4v) is 1.69. The Kier molecular flexibility index (Phi) is 11.0. The molecule has 0 aromatic heterocycles. The first-order valence-corrected chi connectivity index (χ1v) is 8.67. The first-order chi connectivity index (χ1) is 12.5. The van der Waals surface area contributed by atoms with E-state index in [1.54, 1.807) is 20.8 Å². The fraction of sp³-hybridized carbons (Fsp3) is 0.750. The van der Waals surface area contributed by atoms with Crippen LogP contribution in [-0.2, 0) is 23.9 Å². The maximum atomic E-state index is 12.2. The third-order valence-electron chi connectivity index (χ3n) is 3.00. The van der Waals surface area contributed by atoms with E-state index in [4.69, 9.17) is 20.9 Å². The van der Waals surface area contributed by atoms with Crippen LogP contribution in [-0.4, -0.2) is 54.7 Å². The molecule has 7 N–H and O–H groups in total. The third kappa shape index (κ3) is 12.6. The number of alkyl carbamates (subject to hydrolysis) is 1. The molecule has 0 aliphatic carbocycles. The number of unbranched alkanes of at least 4 members (excludes halogenated alkanes) is 1. The monoisotopic (exact) mass is 389 g/mol. The number of hydrogen-bond acceptors (Lipinski definition) is 7. The number of nitrogens with two attached hydrogens (primary N) is 2. The van der Waals surface area contributed by atoms with Gasteiger partial charge in [-0.1, -0.05) is 13.3 Å². The molecule has 4 amide bonds. The predicted molar refractivity (Wildman–Crippen MR) is 97.0 cm³/mol. The van der Waals surface area contributed by atoms with Crippen LogP contribution in [0.5, 0.6) is 0 Å². The molecule has 0 aromatic rings. The highest BCUT2D eigenvalue weighted by Gasteiger charge is 2.25. The summed E-state index contributed by atoms with van der Waals surface area (Å²) in [7, 11) is 0. The molecule has 0 aliphatic heterocycles. The summed E-state index contributed by atoms with van der Waals surface area (Å²) < 4.78 is 10.5. The van der Waals surface area contributed by atoms with Crippen molar-refractivity contribution >= 4 is 23.8 Å². The maximum Gasteiger partial charge on any atom is 0.408 e. The topological polar surface area (TPSA) is 175 Å².